The summed E-state index contributed by atoms with van der Waals surface area (Å²) in [5.74, 6) is 0.594. The van der Waals surface area contributed by atoms with Gasteiger partial charge in [-0.25, -0.2) is 4.79 Å². The Bertz CT molecular complexity index is 531. The number of nitrogens with one attached hydrogen (secondary N) is 1. The highest BCUT2D eigenvalue weighted by atomic mass is 16.5. The number of furan rings is 1. The van der Waals surface area contributed by atoms with Crippen molar-refractivity contribution in [3.8, 4) is 0 Å². The van der Waals surface area contributed by atoms with Gasteiger partial charge >= 0.3 is 5.97 Å². The van der Waals surface area contributed by atoms with Gasteiger partial charge in [-0.1, -0.05) is 19.3 Å². The molecule has 0 amide bonds. The Labute approximate surface area is 143 Å². The molecular formula is C18H28N2O4. The van der Waals surface area contributed by atoms with Gasteiger partial charge in [-0.3, -0.25) is 4.90 Å². The van der Waals surface area contributed by atoms with Crippen LogP contribution >= 0.6 is 0 Å². The van der Waals surface area contributed by atoms with Crippen LogP contribution in [0.1, 0.15) is 48.4 Å². The minimum atomic E-state index is -0.432. The summed E-state index contributed by atoms with van der Waals surface area (Å²) in [6.45, 7) is 5.29. The molecule has 0 aromatic carbocycles. The molecule has 6 heteroatoms. The van der Waals surface area contributed by atoms with Crippen LogP contribution in [0, 0.1) is 0 Å². The molecule has 6 nitrogen and oxygen atoms in total. The summed E-state index contributed by atoms with van der Waals surface area (Å²) >= 11 is 0. The lowest BCUT2D eigenvalue weighted by Crippen LogP contribution is -2.59. The average molecular weight is 336 g/mol. The molecule has 1 saturated heterocycles. The molecule has 0 spiro atoms. The minimum absolute atomic E-state index is 0.236. The molecule has 3 rings (SSSR count). The van der Waals surface area contributed by atoms with Crippen molar-refractivity contribution in [3.05, 3.63) is 23.7 Å². The first-order valence-corrected chi connectivity index (χ1v) is 8.94. The zero-order chi connectivity index (χ0) is 16.8. The van der Waals surface area contributed by atoms with Gasteiger partial charge in [0.2, 0.25) is 5.76 Å². The van der Waals surface area contributed by atoms with Crippen molar-refractivity contribution in [1.29, 1.82) is 0 Å². The summed E-state index contributed by atoms with van der Waals surface area (Å²) in [4.78, 5) is 14.1. The first-order valence-electron chi connectivity index (χ1n) is 8.94. The largest absolute Gasteiger partial charge is 0.463 e. The van der Waals surface area contributed by atoms with Gasteiger partial charge in [0.15, 0.2) is 0 Å². The van der Waals surface area contributed by atoms with Gasteiger partial charge in [-0.05, 0) is 25.0 Å². The first-order chi connectivity index (χ1) is 11.7. The maximum absolute atomic E-state index is 11.5. The number of esters is 1. The molecule has 1 aromatic heterocycles. The smallest absolute Gasteiger partial charge is 0.373 e. The highest BCUT2D eigenvalue weighted by Crippen LogP contribution is 2.34. The zero-order valence-corrected chi connectivity index (χ0v) is 14.5. The highest BCUT2D eigenvalue weighted by molar-refractivity contribution is 5.86. The number of hydrogen-bond donors (Lipinski definition) is 1. The van der Waals surface area contributed by atoms with Crippen LogP contribution in [-0.4, -0.2) is 56.4 Å². The van der Waals surface area contributed by atoms with Gasteiger partial charge in [-0.15, -0.1) is 0 Å². The number of rotatable bonds is 6. The van der Waals surface area contributed by atoms with Gasteiger partial charge in [0, 0.05) is 25.2 Å². The molecule has 1 aliphatic carbocycles. The topological polar surface area (TPSA) is 63.9 Å². The third-order valence-electron chi connectivity index (χ3n) is 5.27. The van der Waals surface area contributed by atoms with Gasteiger partial charge in [0.1, 0.15) is 5.76 Å². The summed E-state index contributed by atoms with van der Waals surface area (Å²) in [5.41, 5.74) is 0.236. The van der Waals surface area contributed by atoms with E-state index in [1.54, 1.807) is 6.07 Å². The summed E-state index contributed by atoms with van der Waals surface area (Å²) in [6, 6.07) is 3.50. The van der Waals surface area contributed by atoms with E-state index in [1.807, 2.05) is 6.07 Å². The Morgan fingerprint density at radius 2 is 2.00 bits per heavy atom. The number of nitrogens with zero attached hydrogens (tertiary/aromatic N) is 1. The Hall–Kier alpha value is -1.37. The Morgan fingerprint density at radius 3 is 2.71 bits per heavy atom. The van der Waals surface area contributed by atoms with E-state index < -0.39 is 5.97 Å². The Kier molecular flexibility index (Phi) is 5.92. The molecule has 2 heterocycles. The van der Waals surface area contributed by atoms with E-state index in [9.17, 15) is 4.79 Å². The number of carbonyl (C=O) groups is 1. The molecule has 2 fully saturated rings. The molecular weight excluding hydrogens is 308 g/mol. The van der Waals surface area contributed by atoms with Crippen molar-refractivity contribution in [2.75, 3.05) is 40.0 Å². The van der Waals surface area contributed by atoms with Gasteiger partial charge < -0.3 is 19.2 Å². The second-order valence-corrected chi connectivity index (χ2v) is 6.75. The third kappa shape index (κ3) is 3.99. The molecule has 2 aliphatic rings. The fourth-order valence-electron chi connectivity index (χ4n) is 3.95. The fraction of sp³-hybridized carbons (Fsp3) is 0.722. The molecule has 0 radical (unpaired) electrons. The standard InChI is InChI=1S/C18H28N2O4/c1-22-17(21)16-6-5-15(24-16)13-19-14-18(7-3-2-4-8-18)20-9-11-23-12-10-20/h5-6,19H,2-4,7-14H2,1H3. The van der Waals surface area contributed by atoms with Crippen LogP contribution in [0.3, 0.4) is 0 Å². The van der Waals surface area contributed by atoms with E-state index in [0.717, 1.165) is 38.6 Å². The second-order valence-electron chi connectivity index (χ2n) is 6.75. The molecule has 1 aromatic rings. The van der Waals surface area contributed by atoms with Crippen LogP contribution in [0.2, 0.25) is 0 Å². The van der Waals surface area contributed by atoms with Crippen LogP contribution in [0.15, 0.2) is 16.5 Å². The quantitative estimate of drug-likeness (QED) is 0.804. The summed E-state index contributed by atoms with van der Waals surface area (Å²) < 4.78 is 15.7. The minimum Gasteiger partial charge on any atom is -0.463 e. The van der Waals surface area contributed by atoms with Gasteiger partial charge in [0.05, 0.1) is 26.9 Å². The number of carbonyl (C=O) groups excluding carboxylic acids is 1. The number of morpholine rings is 1. The van der Waals surface area contributed by atoms with Crippen LogP contribution in [-0.2, 0) is 16.0 Å². The van der Waals surface area contributed by atoms with E-state index in [4.69, 9.17) is 9.15 Å². The molecule has 1 saturated carbocycles. The normalized spacial score (nSPS) is 21.5. The van der Waals surface area contributed by atoms with E-state index in [-0.39, 0.29) is 11.3 Å². The van der Waals surface area contributed by atoms with Crippen LogP contribution in [0.25, 0.3) is 0 Å². The SMILES string of the molecule is COC(=O)c1ccc(CNCC2(N3CCOCC3)CCCCC2)o1. The maximum atomic E-state index is 11.5. The van der Waals surface area contributed by atoms with Gasteiger partial charge in [-0.2, -0.15) is 0 Å². The molecule has 24 heavy (non-hydrogen) atoms. The van der Waals surface area contributed by atoms with Crippen molar-refractivity contribution in [3.63, 3.8) is 0 Å². The fourth-order valence-corrected chi connectivity index (χ4v) is 3.95. The molecule has 1 aliphatic heterocycles. The molecule has 134 valence electrons. The number of methoxy groups -OCH3 is 1. The maximum Gasteiger partial charge on any atom is 0.373 e. The summed E-state index contributed by atoms with van der Waals surface area (Å²) in [5, 5.41) is 3.55. The molecule has 0 bridgehead atoms. The van der Waals surface area contributed by atoms with E-state index >= 15 is 0 Å². The van der Waals surface area contributed by atoms with E-state index in [2.05, 4.69) is 15.0 Å². The van der Waals surface area contributed by atoms with E-state index in [0.29, 0.717) is 6.54 Å². The zero-order valence-electron chi connectivity index (χ0n) is 14.5. The summed E-state index contributed by atoms with van der Waals surface area (Å²) in [6.07, 6.45) is 6.42. The van der Waals surface area contributed by atoms with Crippen molar-refractivity contribution in [2.45, 2.75) is 44.2 Å². The highest BCUT2D eigenvalue weighted by Gasteiger charge is 2.38. The van der Waals surface area contributed by atoms with Crippen LogP contribution in [0.5, 0.6) is 0 Å². The average Bonchev–Trinajstić information content (AvgIpc) is 3.11. The van der Waals surface area contributed by atoms with Crippen molar-refractivity contribution >= 4 is 5.97 Å². The molecule has 0 atom stereocenters. The van der Waals surface area contributed by atoms with Crippen molar-refractivity contribution < 1.29 is 18.7 Å². The van der Waals surface area contributed by atoms with E-state index in [1.165, 1.54) is 39.2 Å². The second kappa shape index (κ2) is 8.14. The monoisotopic (exact) mass is 336 g/mol. The predicted molar refractivity (Wildman–Crippen MR) is 90.0 cm³/mol. The summed E-state index contributed by atoms with van der Waals surface area (Å²) in [7, 11) is 1.36. The van der Waals surface area contributed by atoms with Crippen LogP contribution in [0.4, 0.5) is 0 Å². The first kappa shape index (κ1) is 17.5. The lowest BCUT2D eigenvalue weighted by Gasteiger charge is -2.48. The van der Waals surface area contributed by atoms with Gasteiger partial charge in [0.25, 0.3) is 0 Å². The Morgan fingerprint density at radius 1 is 1.25 bits per heavy atom. The molecule has 1 N–H and O–H groups in total. The lowest BCUT2D eigenvalue weighted by molar-refractivity contribution is -0.0370. The third-order valence-corrected chi connectivity index (χ3v) is 5.27. The number of hydrogen-bond acceptors (Lipinski definition) is 6. The predicted octanol–water partition coefficient (Wildman–Crippen LogP) is 2.19. The van der Waals surface area contributed by atoms with Crippen LogP contribution < -0.4 is 5.32 Å². The van der Waals surface area contributed by atoms with Crippen molar-refractivity contribution in [1.82, 2.24) is 10.2 Å². The Balaban J connectivity index is 1.57. The van der Waals surface area contributed by atoms with Crippen molar-refractivity contribution in [2.24, 2.45) is 0 Å². The molecule has 0 unspecified atom stereocenters. The lowest BCUT2D eigenvalue weighted by atomic mass is 9.79. The number of ether oxygens (including phenoxy) is 2.